The van der Waals surface area contributed by atoms with Gasteiger partial charge in [-0.25, -0.2) is 4.79 Å². The Hall–Kier alpha value is -3.02. The summed E-state index contributed by atoms with van der Waals surface area (Å²) in [4.78, 5) is 28.6. The number of hydrogen-bond acceptors (Lipinski definition) is 5. The molecule has 1 aliphatic rings. The van der Waals surface area contributed by atoms with Gasteiger partial charge in [-0.1, -0.05) is 26.0 Å². The van der Waals surface area contributed by atoms with Crippen molar-refractivity contribution < 1.29 is 19.1 Å². The van der Waals surface area contributed by atoms with E-state index in [0.29, 0.717) is 24.6 Å². The van der Waals surface area contributed by atoms with Crippen LogP contribution in [0.2, 0.25) is 0 Å². The van der Waals surface area contributed by atoms with Gasteiger partial charge < -0.3 is 19.3 Å². The average molecular weight is 396 g/mol. The van der Waals surface area contributed by atoms with Crippen LogP contribution in [-0.2, 0) is 9.53 Å². The molecule has 0 aromatic heterocycles. The van der Waals surface area contributed by atoms with Crippen molar-refractivity contribution in [1.82, 2.24) is 4.90 Å². The van der Waals surface area contributed by atoms with E-state index in [2.05, 4.69) is 18.7 Å². The minimum Gasteiger partial charge on any atom is -0.497 e. The molecule has 0 radical (unpaired) electrons. The molecule has 2 aromatic carbocycles. The molecule has 0 bridgehead atoms. The van der Waals surface area contributed by atoms with Crippen LogP contribution in [0.4, 0.5) is 5.69 Å². The molecule has 154 valence electrons. The number of ether oxygens (including phenoxy) is 2. The Morgan fingerprint density at radius 3 is 2.10 bits per heavy atom. The summed E-state index contributed by atoms with van der Waals surface area (Å²) in [5.41, 5.74) is 2.73. The molecule has 0 unspecified atom stereocenters. The Labute approximate surface area is 172 Å². The lowest BCUT2D eigenvalue weighted by atomic mass is 10.0. The van der Waals surface area contributed by atoms with Gasteiger partial charge in [-0.15, -0.1) is 0 Å². The number of carbonyl (C=O) groups is 2. The molecule has 1 saturated heterocycles. The quantitative estimate of drug-likeness (QED) is 0.701. The molecule has 0 N–H and O–H groups in total. The van der Waals surface area contributed by atoms with Crippen molar-refractivity contribution in [3.8, 4) is 5.75 Å². The van der Waals surface area contributed by atoms with Crippen LogP contribution in [0.3, 0.4) is 0 Å². The van der Waals surface area contributed by atoms with Gasteiger partial charge in [0, 0.05) is 31.9 Å². The number of hydrogen-bond donors (Lipinski definition) is 0. The van der Waals surface area contributed by atoms with Crippen molar-refractivity contribution in [2.24, 2.45) is 0 Å². The van der Waals surface area contributed by atoms with Gasteiger partial charge in [-0.2, -0.15) is 0 Å². The van der Waals surface area contributed by atoms with Gasteiger partial charge >= 0.3 is 5.97 Å². The first-order valence-electron chi connectivity index (χ1n) is 9.92. The number of piperazine rings is 1. The summed E-state index contributed by atoms with van der Waals surface area (Å²) in [6, 6.07) is 15.2. The predicted molar refractivity (Wildman–Crippen MR) is 113 cm³/mol. The van der Waals surface area contributed by atoms with E-state index in [0.717, 1.165) is 30.1 Å². The third-order valence-electron chi connectivity index (χ3n) is 5.21. The lowest BCUT2D eigenvalue weighted by Gasteiger charge is -2.36. The minimum absolute atomic E-state index is 0.161. The average Bonchev–Trinajstić information content (AvgIpc) is 2.77. The molecule has 6 nitrogen and oxygen atoms in total. The SMILES string of the molecule is COc1ccc(N2CCN(C(=O)COC(=O)c3ccc(C(C)C)cc3)CC2)cc1. The fraction of sp³-hybridized carbons (Fsp3) is 0.391. The molecular weight excluding hydrogens is 368 g/mol. The van der Waals surface area contributed by atoms with Crippen molar-refractivity contribution in [3.63, 3.8) is 0 Å². The van der Waals surface area contributed by atoms with Crippen LogP contribution in [0.15, 0.2) is 48.5 Å². The van der Waals surface area contributed by atoms with Crippen molar-refractivity contribution >= 4 is 17.6 Å². The summed E-state index contributed by atoms with van der Waals surface area (Å²) >= 11 is 0. The van der Waals surface area contributed by atoms with Crippen molar-refractivity contribution in [2.75, 3.05) is 44.8 Å². The Bertz CT molecular complexity index is 823. The van der Waals surface area contributed by atoms with Crippen LogP contribution in [0.1, 0.15) is 35.7 Å². The fourth-order valence-corrected chi connectivity index (χ4v) is 3.31. The molecule has 0 saturated carbocycles. The highest BCUT2D eigenvalue weighted by Gasteiger charge is 2.22. The van der Waals surface area contributed by atoms with Crippen LogP contribution in [0.25, 0.3) is 0 Å². The van der Waals surface area contributed by atoms with Crippen LogP contribution in [0.5, 0.6) is 5.75 Å². The highest BCUT2D eigenvalue weighted by atomic mass is 16.5. The zero-order valence-electron chi connectivity index (χ0n) is 17.3. The molecule has 0 spiro atoms. The number of anilines is 1. The second kappa shape index (κ2) is 9.45. The van der Waals surface area contributed by atoms with Gasteiger partial charge in [-0.3, -0.25) is 4.79 Å². The van der Waals surface area contributed by atoms with E-state index in [1.165, 1.54) is 0 Å². The smallest absolute Gasteiger partial charge is 0.338 e. The first kappa shape index (κ1) is 20.7. The van der Waals surface area contributed by atoms with Gasteiger partial charge in [0.05, 0.1) is 12.7 Å². The largest absolute Gasteiger partial charge is 0.497 e. The summed E-state index contributed by atoms with van der Waals surface area (Å²) in [5, 5.41) is 0. The molecule has 1 heterocycles. The summed E-state index contributed by atoms with van der Waals surface area (Å²) in [6.45, 7) is 6.65. The Morgan fingerprint density at radius 2 is 1.55 bits per heavy atom. The van der Waals surface area contributed by atoms with Gasteiger partial charge in [0.2, 0.25) is 0 Å². The Morgan fingerprint density at radius 1 is 0.931 bits per heavy atom. The summed E-state index contributed by atoms with van der Waals surface area (Å²) in [6.07, 6.45) is 0. The molecule has 0 atom stereocenters. The lowest BCUT2D eigenvalue weighted by Crippen LogP contribution is -2.49. The normalized spacial score (nSPS) is 14.1. The highest BCUT2D eigenvalue weighted by Crippen LogP contribution is 2.20. The summed E-state index contributed by atoms with van der Waals surface area (Å²) < 4.78 is 10.4. The third kappa shape index (κ3) is 5.28. The Kier molecular flexibility index (Phi) is 6.75. The number of methoxy groups -OCH3 is 1. The monoisotopic (exact) mass is 396 g/mol. The van der Waals surface area contributed by atoms with Crippen molar-refractivity contribution in [3.05, 3.63) is 59.7 Å². The number of carbonyl (C=O) groups excluding carboxylic acids is 2. The maximum Gasteiger partial charge on any atom is 0.338 e. The molecule has 0 aliphatic carbocycles. The molecule has 1 fully saturated rings. The van der Waals surface area contributed by atoms with E-state index < -0.39 is 5.97 Å². The number of amides is 1. The molecule has 1 amide bonds. The number of esters is 1. The van der Waals surface area contributed by atoms with Gasteiger partial charge in [0.15, 0.2) is 6.61 Å². The van der Waals surface area contributed by atoms with Crippen molar-refractivity contribution in [2.45, 2.75) is 19.8 Å². The van der Waals surface area contributed by atoms with Gasteiger partial charge in [-0.05, 0) is 47.9 Å². The topological polar surface area (TPSA) is 59.1 Å². The Balaban J connectivity index is 1.46. The number of benzene rings is 2. The van der Waals surface area contributed by atoms with E-state index in [1.54, 1.807) is 24.1 Å². The zero-order chi connectivity index (χ0) is 20.8. The van der Waals surface area contributed by atoms with Crippen LogP contribution in [0, 0.1) is 0 Å². The van der Waals surface area contributed by atoms with E-state index in [9.17, 15) is 9.59 Å². The first-order valence-corrected chi connectivity index (χ1v) is 9.92. The maximum atomic E-state index is 12.4. The second-order valence-electron chi connectivity index (χ2n) is 7.42. The predicted octanol–water partition coefficient (Wildman–Crippen LogP) is 3.32. The number of rotatable bonds is 6. The summed E-state index contributed by atoms with van der Waals surface area (Å²) in [5.74, 6) is 0.596. The molecule has 2 aromatic rings. The molecule has 6 heteroatoms. The number of nitrogens with zero attached hydrogens (tertiary/aromatic N) is 2. The van der Waals surface area contributed by atoms with E-state index in [1.807, 2.05) is 36.4 Å². The maximum absolute atomic E-state index is 12.4. The van der Waals surface area contributed by atoms with Gasteiger partial charge in [0.1, 0.15) is 5.75 Å². The fourth-order valence-electron chi connectivity index (χ4n) is 3.31. The molecule has 29 heavy (non-hydrogen) atoms. The standard InChI is InChI=1S/C23H28N2O4/c1-17(2)18-4-6-19(7-5-18)23(27)29-16-22(26)25-14-12-24(13-15-25)20-8-10-21(28-3)11-9-20/h4-11,17H,12-16H2,1-3H3. The molecular formula is C23H28N2O4. The first-order chi connectivity index (χ1) is 14.0. The molecule has 3 rings (SSSR count). The summed E-state index contributed by atoms with van der Waals surface area (Å²) in [7, 11) is 1.65. The second-order valence-corrected chi connectivity index (χ2v) is 7.42. The van der Waals surface area contributed by atoms with Crippen LogP contribution in [-0.4, -0.2) is 56.7 Å². The zero-order valence-corrected chi connectivity index (χ0v) is 17.3. The van der Waals surface area contributed by atoms with E-state index >= 15 is 0 Å². The van der Waals surface area contributed by atoms with E-state index in [-0.39, 0.29) is 12.5 Å². The highest BCUT2D eigenvalue weighted by molar-refractivity contribution is 5.91. The lowest BCUT2D eigenvalue weighted by molar-refractivity contribution is -0.134. The van der Waals surface area contributed by atoms with Gasteiger partial charge in [0.25, 0.3) is 5.91 Å². The van der Waals surface area contributed by atoms with E-state index in [4.69, 9.17) is 9.47 Å². The van der Waals surface area contributed by atoms with Crippen molar-refractivity contribution in [1.29, 1.82) is 0 Å². The van der Waals surface area contributed by atoms with Crippen LogP contribution >= 0.6 is 0 Å². The third-order valence-corrected chi connectivity index (χ3v) is 5.21. The molecule has 1 aliphatic heterocycles. The van der Waals surface area contributed by atoms with Crippen LogP contribution < -0.4 is 9.64 Å². The minimum atomic E-state index is -0.467.